The van der Waals surface area contributed by atoms with Gasteiger partial charge in [-0.15, -0.1) is 6.42 Å². The summed E-state index contributed by atoms with van der Waals surface area (Å²) in [5, 5.41) is 0. The third-order valence-electron chi connectivity index (χ3n) is 3.78. The van der Waals surface area contributed by atoms with Gasteiger partial charge < -0.3 is 0 Å². The minimum atomic E-state index is -3.35. The molecular weight excluding hydrogens is 270 g/mol. The van der Waals surface area contributed by atoms with Gasteiger partial charge in [0.05, 0.1) is 12.3 Å². The van der Waals surface area contributed by atoms with Crippen LogP contribution in [0.5, 0.6) is 0 Å². The Morgan fingerprint density at radius 1 is 1.15 bits per heavy atom. The van der Waals surface area contributed by atoms with Gasteiger partial charge in [0.15, 0.2) is 0 Å². The Hall–Kier alpha value is -1.31. The summed E-state index contributed by atoms with van der Waals surface area (Å²) in [6.45, 7) is 0.180. The fourth-order valence-electron chi connectivity index (χ4n) is 2.78. The number of hydrogen-bond donors (Lipinski definition) is 0. The van der Waals surface area contributed by atoms with Crippen LogP contribution in [-0.4, -0.2) is 25.3 Å². The second-order valence-electron chi connectivity index (χ2n) is 5.28. The summed E-state index contributed by atoms with van der Waals surface area (Å²) >= 11 is 0. The van der Waals surface area contributed by atoms with Crippen LogP contribution < -0.4 is 0 Å². The molecule has 0 bridgehead atoms. The average Bonchev–Trinajstić information content (AvgIpc) is 2.46. The maximum Gasteiger partial charge on any atom is 0.219 e. The summed E-state index contributed by atoms with van der Waals surface area (Å²) in [4.78, 5) is 0. The Morgan fingerprint density at radius 3 is 2.40 bits per heavy atom. The molecule has 3 nitrogen and oxygen atoms in total. The first-order chi connectivity index (χ1) is 9.63. The van der Waals surface area contributed by atoms with Gasteiger partial charge in [0.1, 0.15) is 0 Å². The van der Waals surface area contributed by atoms with Gasteiger partial charge in [-0.05, 0) is 18.4 Å². The largest absolute Gasteiger partial charge is 0.219 e. The molecule has 0 unspecified atom stereocenters. The quantitative estimate of drug-likeness (QED) is 0.782. The predicted molar refractivity (Wildman–Crippen MR) is 81.5 cm³/mol. The second kappa shape index (κ2) is 6.92. The number of terminal acetylenes is 1. The van der Waals surface area contributed by atoms with E-state index in [0.29, 0.717) is 0 Å². The molecule has 1 saturated carbocycles. The monoisotopic (exact) mass is 291 g/mol. The molecule has 0 aliphatic heterocycles. The number of hydrogen-bond acceptors (Lipinski definition) is 2. The Morgan fingerprint density at radius 2 is 1.80 bits per heavy atom. The van der Waals surface area contributed by atoms with E-state index in [1.165, 1.54) is 6.42 Å². The van der Waals surface area contributed by atoms with Crippen molar-refractivity contribution in [2.24, 2.45) is 0 Å². The van der Waals surface area contributed by atoms with Crippen molar-refractivity contribution in [3.63, 3.8) is 0 Å². The van der Waals surface area contributed by atoms with Gasteiger partial charge >= 0.3 is 0 Å². The van der Waals surface area contributed by atoms with Crippen molar-refractivity contribution in [3.05, 3.63) is 35.9 Å². The van der Waals surface area contributed by atoms with Crippen molar-refractivity contribution in [2.45, 2.75) is 43.9 Å². The van der Waals surface area contributed by atoms with Crippen LogP contribution in [0.2, 0.25) is 0 Å². The van der Waals surface area contributed by atoms with Crippen LogP contribution in [0.4, 0.5) is 0 Å². The van der Waals surface area contributed by atoms with Gasteiger partial charge in [0, 0.05) is 6.04 Å². The van der Waals surface area contributed by atoms with Crippen molar-refractivity contribution >= 4 is 10.0 Å². The smallest absolute Gasteiger partial charge is 0.212 e. The minimum Gasteiger partial charge on any atom is -0.212 e. The molecule has 1 fully saturated rings. The normalized spacial score (nSPS) is 17.0. The van der Waals surface area contributed by atoms with Crippen LogP contribution in [0.15, 0.2) is 30.3 Å². The van der Waals surface area contributed by atoms with E-state index in [0.717, 1.165) is 31.2 Å². The highest BCUT2D eigenvalue weighted by Gasteiger charge is 2.30. The maximum atomic E-state index is 12.6. The van der Waals surface area contributed by atoms with E-state index in [1.807, 2.05) is 30.3 Å². The van der Waals surface area contributed by atoms with Crippen molar-refractivity contribution in [1.29, 1.82) is 0 Å². The molecule has 0 radical (unpaired) electrons. The highest BCUT2D eigenvalue weighted by molar-refractivity contribution is 7.88. The average molecular weight is 291 g/mol. The van der Waals surface area contributed by atoms with Gasteiger partial charge in [-0.2, -0.15) is 4.31 Å². The number of rotatable bonds is 5. The first kappa shape index (κ1) is 15.1. The Kier molecular flexibility index (Phi) is 5.22. The van der Waals surface area contributed by atoms with Gasteiger partial charge in [0.2, 0.25) is 10.0 Å². The molecule has 0 amide bonds. The van der Waals surface area contributed by atoms with E-state index in [2.05, 4.69) is 5.92 Å². The van der Waals surface area contributed by atoms with Crippen LogP contribution in [0, 0.1) is 12.3 Å². The van der Waals surface area contributed by atoms with Gasteiger partial charge in [-0.25, -0.2) is 8.42 Å². The maximum absolute atomic E-state index is 12.6. The molecule has 0 N–H and O–H groups in total. The number of benzene rings is 1. The Bertz CT molecular complexity index is 554. The Balaban J connectivity index is 2.16. The fraction of sp³-hybridized carbons (Fsp3) is 0.500. The molecule has 1 aromatic rings. The SMILES string of the molecule is C#CCN(C1CCCCC1)S(=O)(=O)Cc1ccccc1. The lowest BCUT2D eigenvalue weighted by Crippen LogP contribution is -2.42. The lowest BCUT2D eigenvalue weighted by atomic mass is 9.95. The molecule has 1 aliphatic carbocycles. The third kappa shape index (κ3) is 3.84. The Labute approximate surface area is 122 Å². The molecule has 0 saturated heterocycles. The molecule has 0 atom stereocenters. The van der Waals surface area contributed by atoms with E-state index in [4.69, 9.17) is 6.42 Å². The zero-order valence-electron chi connectivity index (χ0n) is 11.7. The van der Waals surface area contributed by atoms with Crippen molar-refractivity contribution in [2.75, 3.05) is 6.54 Å². The lowest BCUT2D eigenvalue weighted by Gasteiger charge is -2.32. The molecule has 2 rings (SSSR count). The van der Waals surface area contributed by atoms with E-state index < -0.39 is 10.0 Å². The van der Waals surface area contributed by atoms with Crippen molar-refractivity contribution in [3.8, 4) is 12.3 Å². The molecule has 1 aromatic carbocycles. The van der Waals surface area contributed by atoms with E-state index in [-0.39, 0.29) is 18.3 Å². The summed E-state index contributed by atoms with van der Waals surface area (Å²) in [6, 6.07) is 9.36. The standard InChI is InChI=1S/C16H21NO2S/c1-2-13-17(16-11-7-4-8-12-16)20(18,19)14-15-9-5-3-6-10-15/h1,3,5-6,9-10,16H,4,7-8,11-14H2. The predicted octanol–water partition coefficient (Wildman–Crippen LogP) is 2.78. The molecule has 4 heteroatoms. The topological polar surface area (TPSA) is 37.4 Å². The first-order valence-corrected chi connectivity index (χ1v) is 8.71. The zero-order valence-corrected chi connectivity index (χ0v) is 12.5. The van der Waals surface area contributed by atoms with Gasteiger partial charge in [0.25, 0.3) is 0 Å². The lowest BCUT2D eigenvalue weighted by molar-refractivity contribution is 0.271. The first-order valence-electron chi connectivity index (χ1n) is 7.10. The minimum absolute atomic E-state index is 0.0337. The third-order valence-corrected chi connectivity index (χ3v) is 5.62. The van der Waals surface area contributed by atoms with Crippen LogP contribution in [-0.2, 0) is 15.8 Å². The van der Waals surface area contributed by atoms with Crippen molar-refractivity contribution < 1.29 is 8.42 Å². The summed E-state index contributed by atoms with van der Waals surface area (Å²) in [6.07, 6.45) is 10.6. The second-order valence-corrected chi connectivity index (χ2v) is 7.20. The van der Waals surface area contributed by atoms with E-state index >= 15 is 0 Å². The molecule has 1 aliphatic rings. The molecular formula is C16H21NO2S. The molecule has 0 heterocycles. The van der Waals surface area contributed by atoms with Gasteiger partial charge in [-0.3, -0.25) is 0 Å². The van der Waals surface area contributed by atoms with Crippen molar-refractivity contribution in [1.82, 2.24) is 4.31 Å². The molecule has 20 heavy (non-hydrogen) atoms. The molecule has 108 valence electrons. The van der Waals surface area contributed by atoms with Crippen LogP contribution in [0.3, 0.4) is 0 Å². The highest BCUT2D eigenvalue weighted by Crippen LogP contribution is 2.25. The van der Waals surface area contributed by atoms with Crippen LogP contribution in [0.25, 0.3) is 0 Å². The van der Waals surface area contributed by atoms with Crippen LogP contribution >= 0.6 is 0 Å². The number of nitrogens with zero attached hydrogens (tertiary/aromatic N) is 1. The molecule has 0 spiro atoms. The summed E-state index contributed by atoms with van der Waals surface area (Å²) in [5.74, 6) is 2.54. The van der Waals surface area contributed by atoms with Gasteiger partial charge in [-0.1, -0.05) is 55.5 Å². The van der Waals surface area contributed by atoms with E-state index in [9.17, 15) is 8.42 Å². The number of sulfonamides is 1. The zero-order chi connectivity index (χ0) is 14.4. The summed E-state index contributed by atoms with van der Waals surface area (Å²) in [5.41, 5.74) is 0.810. The molecule has 0 aromatic heterocycles. The fourth-order valence-corrected chi connectivity index (χ4v) is 4.50. The highest BCUT2D eigenvalue weighted by atomic mass is 32.2. The summed E-state index contributed by atoms with van der Waals surface area (Å²) < 4.78 is 26.8. The van der Waals surface area contributed by atoms with Crippen LogP contribution in [0.1, 0.15) is 37.7 Å². The van der Waals surface area contributed by atoms with E-state index in [1.54, 1.807) is 4.31 Å². The summed E-state index contributed by atoms with van der Waals surface area (Å²) in [7, 11) is -3.35.